The number of imide groups is 1. The van der Waals surface area contributed by atoms with E-state index in [0.29, 0.717) is 28.8 Å². The van der Waals surface area contributed by atoms with E-state index in [0.717, 1.165) is 33.0 Å². The van der Waals surface area contributed by atoms with E-state index in [1.807, 2.05) is 30.3 Å². The Bertz CT molecular complexity index is 1870. The van der Waals surface area contributed by atoms with Gasteiger partial charge >= 0.3 is 4.87 Å². The summed E-state index contributed by atoms with van der Waals surface area (Å²) in [5, 5.41) is 1.50. The zero-order chi connectivity index (χ0) is 30.3. The summed E-state index contributed by atoms with van der Waals surface area (Å²) in [5.41, 5.74) is 3.74. The fourth-order valence-corrected chi connectivity index (χ4v) is 11.2. The fourth-order valence-electron chi connectivity index (χ4n) is 8.17. The number of carbonyl (C=O) groups excluding carboxylic acids is 2. The maximum absolute atomic E-state index is 14.1. The molecule has 3 fully saturated rings. The highest BCUT2D eigenvalue weighted by atomic mass is 35.5. The Labute approximate surface area is 267 Å². The largest absolute Gasteiger partial charge is 0.497 e. The van der Waals surface area contributed by atoms with Crippen LogP contribution in [0, 0.1) is 36.5 Å². The van der Waals surface area contributed by atoms with E-state index in [4.69, 9.17) is 21.1 Å². The number of thioether (sulfide) groups is 1. The van der Waals surface area contributed by atoms with E-state index in [-0.39, 0.29) is 51.5 Å². The molecule has 7 nitrogen and oxygen atoms in total. The number of H-pyrrole nitrogens is 1. The topological polar surface area (TPSA) is 88.7 Å². The van der Waals surface area contributed by atoms with Gasteiger partial charge in [0.25, 0.3) is 0 Å². The first-order valence-corrected chi connectivity index (χ1v) is 16.8. The second kappa shape index (κ2) is 10.5. The lowest BCUT2D eigenvalue weighted by Gasteiger charge is -2.43. The van der Waals surface area contributed by atoms with E-state index in [2.05, 4.69) is 24.0 Å². The van der Waals surface area contributed by atoms with Crippen molar-refractivity contribution in [3.8, 4) is 11.5 Å². The smallest absolute Gasteiger partial charge is 0.305 e. The van der Waals surface area contributed by atoms with Crippen LogP contribution in [0.3, 0.4) is 0 Å². The number of methoxy groups -OCH3 is 1. The quantitative estimate of drug-likeness (QED) is 0.236. The van der Waals surface area contributed by atoms with Crippen LogP contribution in [0.25, 0.3) is 0 Å². The molecule has 0 radical (unpaired) electrons. The summed E-state index contributed by atoms with van der Waals surface area (Å²) >= 11 is 9.52. The van der Waals surface area contributed by atoms with Gasteiger partial charge in [-0.2, -0.15) is 0 Å². The number of anilines is 1. The number of ether oxygens (including phenoxy) is 2. The molecule has 1 aromatic heterocycles. The van der Waals surface area contributed by atoms with Crippen molar-refractivity contribution in [3.63, 3.8) is 0 Å². The Hall–Kier alpha value is -3.53. The lowest BCUT2D eigenvalue weighted by Crippen LogP contribution is -2.42. The molecule has 10 heteroatoms. The van der Waals surface area contributed by atoms with Crippen molar-refractivity contribution >= 4 is 52.2 Å². The molecule has 0 unspecified atom stereocenters. The predicted octanol–water partition coefficient (Wildman–Crippen LogP) is 6.66. The summed E-state index contributed by atoms with van der Waals surface area (Å²) in [6.07, 6.45) is 0.807. The number of nitrogens with zero attached hydrogens (tertiary/aromatic N) is 1. The van der Waals surface area contributed by atoms with Gasteiger partial charge in [-0.05, 0) is 84.7 Å². The highest BCUT2D eigenvalue weighted by molar-refractivity contribution is 8.00. The number of amides is 2. The lowest BCUT2D eigenvalue weighted by molar-refractivity contribution is -0.123. The maximum atomic E-state index is 14.1. The molecule has 4 aromatic rings. The van der Waals surface area contributed by atoms with E-state index < -0.39 is 5.92 Å². The number of halogens is 1. The second-order valence-electron chi connectivity index (χ2n) is 12.1. The summed E-state index contributed by atoms with van der Waals surface area (Å²) in [4.78, 5) is 46.1. The van der Waals surface area contributed by atoms with Crippen LogP contribution in [0.2, 0.25) is 5.02 Å². The molecule has 44 heavy (non-hydrogen) atoms. The minimum atomic E-state index is -0.397. The SMILES string of the molecule is COc1ccc(N2C(=O)[C@H]3[C@H]4C[C@@H]([C@@H]3C2=O)[C@H]2[C@H](c3cc(Cl)ccc3OCc3ccccc3C)c3sc(=O)[nH]c3S[C@H]42)cc1. The van der Waals surface area contributed by atoms with Gasteiger partial charge < -0.3 is 14.5 Å². The highest BCUT2D eigenvalue weighted by Crippen LogP contribution is 2.69. The van der Waals surface area contributed by atoms with Crippen LogP contribution in [0.4, 0.5) is 5.69 Å². The first-order valence-electron chi connectivity index (χ1n) is 14.7. The molecule has 8 rings (SSSR count). The van der Waals surface area contributed by atoms with Gasteiger partial charge in [-0.25, -0.2) is 0 Å². The lowest BCUT2D eigenvalue weighted by atomic mass is 9.68. The Balaban J connectivity index is 1.19. The Morgan fingerprint density at radius 2 is 1.73 bits per heavy atom. The van der Waals surface area contributed by atoms with Crippen molar-refractivity contribution < 1.29 is 19.1 Å². The number of hydrogen-bond donors (Lipinski definition) is 1. The van der Waals surface area contributed by atoms with Crippen molar-refractivity contribution in [2.24, 2.45) is 29.6 Å². The number of nitrogens with one attached hydrogen (secondary N) is 1. The third kappa shape index (κ3) is 4.19. The second-order valence-corrected chi connectivity index (χ2v) is 14.7. The van der Waals surface area contributed by atoms with E-state index in [9.17, 15) is 14.4 Å². The molecule has 1 N–H and O–H groups in total. The zero-order valence-electron chi connectivity index (χ0n) is 24.0. The number of aromatic nitrogens is 1. The van der Waals surface area contributed by atoms with Gasteiger partial charge in [-0.3, -0.25) is 19.3 Å². The van der Waals surface area contributed by atoms with Crippen molar-refractivity contribution in [1.82, 2.24) is 4.98 Å². The monoisotopic (exact) mass is 644 g/mol. The van der Waals surface area contributed by atoms with Gasteiger partial charge in [0, 0.05) is 26.6 Å². The fraction of sp³-hybridized carbons (Fsp3) is 0.324. The molecule has 1 saturated heterocycles. The standard InChI is InChI=1S/C34H29ClN2O5S2/c1-16-5-3-4-6-17(16)15-42-24-12-7-18(35)13-21(24)25-26-22-14-23(29(26)43-31-30(25)44-34(40)36-31)28-27(22)32(38)37(33(28)39)19-8-10-20(41-2)11-9-19/h3-13,22-23,25-29H,14-15H2,1-2H3,(H,36,40)/t22-,23-,25+,26+,27+,28+,29-/m1/s1. The van der Waals surface area contributed by atoms with Crippen molar-refractivity contribution in [2.45, 2.75) is 36.1 Å². The van der Waals surface area contributed by atoms with Gasteiger partial charge in [0.2, 0.25) is 11.8 Å². The van der Waals surface area contributed by atoms with Crippen LogP contribution in [-0.4, -0.2) is 29.2 Å². The molecule has 3 aromatic carbocycles. The van der Waals surface area contributed by atoms with Gasteiger partial charge in [0.15, 0.2) is 0 Å². The molecule has 2 aliphatic heterocycles. The summed E-state index contributed by atoms with van der Waals surface area (Å²) in [6.45, 7) is 2.46. The number of thiazole rings is 1. The average molecular weight is 645 g/mol. The number of aromatic amines is 1. The van der Waals surface area contributed by atoms with Crippen molar-refractivity contribution in [2.75, 3.05) is 12.0 Å². The molecule has 0 spiro atoms. The van der Waals surface area contributed by atoms with Crippen LogP contribution in [0.15, 0.2) is 76.6 Å². The molecule has 2 saturated carbocycles. The van der Waals surface area contributed by atoms with Crippen LogP contribution >= 0.6 is 34.7 Å². The van der Waals surface area contributed by atoms with Crippen LogP contribution in [0.1, 0.15) is 33.9 Å². The third-order valence-electron chi connectivity index (χ3n) is 10.0. The van der Waals surface area contributed by atoms with E-state index >= 15 is 0 Å². The molecule has 2 bridgehead atoms. The third-order valence-corrected chi connectivity index (χ3v) is 12.8. The van der Waals surface area contributed by atoms with Gasteiger partial charge in [-0.15, -0.1) is 11.8 Å². The summed E-state index contributed by atoms with van der Waals surface area (Å²) in [5.74, 6) is 0.219. The number of carbonyl (C=O) groups is 2. The van der Waals surface area contributed by atoms with Crippen molar-refractivity contribution in [1.29, 1.82) is 0 Å². The number of rotatable bonds is 6. The first kappa shape index (κ1) is 28.0. The Morgan fingerprint density at radius 3 is 2.48 bits per heavy atom. The molecule has 224 valence electrons. The van der Waals surface area contributed by atoms with Gasteiger partial charge in [0.05, 0.1) is 29.7 Å². The minimum Gasteiger partial charge on any atom is -0.497 e. The van der Waals surface area contributed by atoms with Gasteiger partial charge in [-0.1, -0.05) is 47.2 Å². The maximum Gasteiger partial charge on any atom is 0.305 e. The minimum absolute atomic E-state index is 0.0132. The summed E-state index contributed by atoms with van der Waals surface area (Å²) in [7, 11) is 1.59. The van der Waals surface area contributed by atoms with Crippen molar-refractivity contribution in [3.05, 3.63) is 103 Å². The average Bonchev–Trinajstić information content (AvgIpc) is 3.76. The summed E-state index contributed by atoms with van der Waals surface area (Å²) < 4.78 is 11.8. The normalized spacial score (nSPS) is 28.2. The van der Waals surface area contributed by atoms with Gasteiger partial charge in [0.1, 0.15) is 18.1 Å². The van der Waals surface area contributed by atoms with E-state index in [1.165, 1.54) is 16.2 Å². The molecule has 7 atom stereocenters. The van der Waals surface area contributed by atoms with E-state index in [1.54, 1.807) is 43.1 Å². The zero-order valence-corrected chi connectivity index (χ0v) is 26.4. The molecule has 4 aliphatic rings. The van der Waals surface area contributed by atoms with Crippen LogP contribution < -0.4 is 19.2 Å². The molecular weight excluding hydrogens is 616 g/mol. The summed E-state index contributed by atoms with van der Waals surface area (Å²) in [6, 6.07) is 20.9. The van der Waals surface area contributed by atoms with Crippen LogP contribution in [-0.2, 0) is 16.2 Å². The molecule has 2 amide bonds. The molecule has 2 aliphatic carbocycles. The number of fused-ring (bicyclic) bond motifs is 9. The Kier molecular flexibility index (Phi) is 6.70. The number of aryl methyl sites for hydroxylation is 1. The van der Waals surface area contributed by atoms with Crippen LogP contribution in [0.5, 0.6) is 11.5 Å². The Morgan fingerprint density at radius 1 is 0.977 bits per heavy atom. The number of hydrogen-bond acceptors (Lipinski definition) is 7. The molecule has 3 heterocycles. The number of benzene rings is 3. The molecular formula is C34H29ClN2O5S2. The highest BCUT2D eigenvalue weighted by Gasteiger charge is 2.69. The predicted molar refractivity (Wildman–Crippen MR) is 171 cm³/mol. The first-order chi connectivity index (χ1) is 21.3.